The number of thiophene rings is 1. The number of amides is 1. The zero-order valence-electron chi connectivity index (χ0n) is 18.8. The number of hydrogen-bond acceptors (Lipinski definition) is 4. The van der Waals surface area contributed by atoms with Crippen molar-refractivity contribution in [3.63, 3.8) is 0 Å². The molecular formula is C26H24ClN3O3S. The van der Waals surface area contributed by atoms with Crippen molar-refractivity contribution in [3.05, 3.63) is 102 Å². The zero-order chi connectivity index (χ0) is 23.8. The van der Waals surface area contributed by atoms with Crippen molar-refractivity contribution in [3.8, 4) is 0 Å². The second-order valence-corrected chi connectivity index (χ2v) is 10.1. The average molecular weight is 494 g/mol. The van der Waals surface area contributed by atoms with E-state index in [2.05, 4.69) is 0 Å². The second kappa shape index (κ2) is 9.24. The van der Waals surface area contributed by atoms with Gasteiger partial charge < -0.3 is 4.90 Å². The summed E-state index contributed by atoms with van der Waals surface area (Å²) in [7, 11) is 0. The van der Waals surface area contributed by atoms with Gasteiger partial charge in [-0.25, -0.2) is 4.79 Å². The molecule has 0 N–H and O–H groups in total. The summed E-state index contributed by atoms with van der Waals surface area (Å²) in [4.78, 5) is 42.7. The van der Waals surface area contributed by atoms with Gasteiger partial charge in [-0.1, -0.05) is 54.1 Å². The minimum absolute atomic E-state index is 0.0136. The van der Waals surface area contributed by atoms with Gasteiger partial charge in [-0.05, 0) is 41.7 Å². The Morgan fingerprint density at radius 2 is 1.79 bits per heavy atom. The molecule has 174 valence electrons. The van der Waals surface area contributed by atoms with Crippen LogP contribution >= 0.6 is 22.9 Å². The monoisotopic (exact) mass is 493 g/mol. The van der Waals surface area contributed by atoms with Crippen LogP contribution in [0.15, 0.2) is 64.2 Å². The summed E-state index contributed by atoms with van der Waals surface area (Å²) in [6, 6.07) is 17.3. The van der Waals surface area contributed by atoms with E-state index in [-0.39, 0.29) is 17.2 Å². The first-order valence-corrected chi connectivity index (χ1v) is 12.4. The molecular weight excluding hydrogens is 470 g/mol. The number of aromatic nitrogens is 2. The molecule has 0 radical (unpaired) electrons. The summed E-state index contributed by atoms with van der Waals surface area (Å²) < 4.78 is 3.05. The predicted octanol–water partition coefficient (Wildman–Crippen LogP) is 4.07. The molecule has 4 aromatic rings. The number of benzene rings is 2. The maximum atomic E-state index is 13.6. The van der Waals surface area contributed by atoms with Gasteiger partial charge in [-0.2, -0.15) is 0 Å². The van der Waals surface area contributed by atoms with Gasteiger partial charge in [0.15, 0.2) is 0 Å². The Kier molecular flexibility index (Phi) is 6.15. The molecule has 0 aliphatic carbocycles. The lowest BCUT2D eigenvalue weighted by Crippen LogP contribution is -2.41. The zero-order valence-corrected chi connectivity index (χ0v) is 20.4. The lowest BCUT2D eigenvalue weighted by molar-refractivity contribution is -0.129. The Labute approximate surface area is 205 Å². The van der Waals surface area contributed by atoms with E-state index in [1.54, 1.807) is 22.5 Å². The number of rotatable bonds is 5. The molecule has 0 atom stereocenters. The molecule has 0 fully saturated rings. The predicted molar refractivity (Wildman–Crippen MR) is 136 cm³/mol. The fourth-order valence-electron chi connectivity index (χ4n) is 4.56. The van der Waals surface area contributed by atoms with Gasteiger partial charge in [0, 0.05) is 29.9 Å². The molecule has 2 aromatic carbocycles. The van der Waals surface area contributed by atoms with Crippen molar-refractivity contribution in [2.45, 2.75) is 39.4 Å². The van der Waals surface area contributed by atoms with Crippen LogP contribution in [0, 0.1) is 0 Å². The third kappa shape index (κ3) is 4.21. The van der Waals surface area contributed by atoms with Crippen molar-refractivity contribution >= 4 is 39.1 Å². The molecule has 0 unspecified atom stereocenters. The first-order valence-electron chi connectivity index (χ1n) is 11.2. The first-order chi connectivity index (χ1) is 16.4. The van der Waals surface area contributed by atoms with Crippen molar-refractivity contribution in [2.75, 3.05) is 6.54 Å². The van der Waals surface area contributed by atoms with Crippen LogP contribution in [0.1, 0.15) is 28.5 Å². The van der Waals surface area contributed by atoms with Crippen LogP contribution < -0.4 is 11.2 Å². The van der Waals surface area contributed by atoms with Crippen LogP contribution in [0.4, 0.5) is 0 Å². The SMILES string of the molecule is CC(=O)N1CCc2c(sc3c2c(=O)n(CCc2ccccc2)c(=O)n3Cc2cccc(Cl)c2)C1. The van der Waals surface area contributed by atoms with E-state index in [4.69, 9.17) is 11.6 Å². The van der Waals surface area contributed by atoms with Gasteiger partial charge in [0.1, 0.15) is 4.83 Å². The molecule has 0 saturated carbocycles. The molecule has 5 rings (SSSR count). The van der Waals surface area contributed by atoms with Crippen molar-refractivity contribution in [2.24, 2.45) is 0 Å². The molecule has 6 nitrogen and oxygen atoms in total. The highest BCUT2D eigenvalue weighted by Crippen LogP contribution is 2.33. The topological polar surface area (TPSA) is 64.3 Å². The highest BCUT2D eigenvalue weighted by molar-refractivity contribution is 7.18. The molecule has 0 saturated heterocycles. The summed E-state index contributed by atoms with van der Waals surface area (Å²) in [6.45, 7) is 3.22. The lowest BCUT2D eigenvalue weighted by atomic mass is 10.1. The van der Waals surface area contributed by atoms with Crippen LogP contribution in [0.3, 0.4) is 0 Å². The van der Waals surface area contributed by atoms with E-state index in [9.17, 15) is 14.4 Å². The minimum Gasteiger partial charge on any atom is -0.337 e. The fraction of sp³-hybridized carbons (Fsp3) is 0.269. The van der Waals surface area contributed by atoms with Crippen molar-refractivity contribution < 1.29 is 4.79 Å². The number of halogens is 1. The molecule has 1 aliphatic heterocycles. The lowest BCUT2D eigenvalue weighted by Gasteiger charge is -2.25. The van der Waals surface area contributed by atoms with Gasteiger partial charge in [-0.15, -0.1) is 11.3 Å². The molecule has 1 aliphatic rings. The summed E-state index contributed by atoms with van der Waals surface area (Å²) in [5, 5.41) is 1.21. The number of fused-ring (bicyclic) bond motifs is 3. The third-order valence-electron chi connectivity index (χ3n) is 6.35. The van der Waals surface area contributed by atoms with Gasteiger partial charge in [-0.3, -0.25) is 18.7 Å². The Hall–Kier alpha value is -3.16. The molecule has 34 heavy (non-hydrogen) atoms. The van der Waals surface area contributed by atoms with Gasteiger partial charge in [0.05, 0.1) is 18.5 Å². The minimum atomic E-state index is -0.324. The smallest absolute Gasteiger partial charge is 0.332 e. The molecule has 2 aromatic heterocycles. The van der Waals surface area contributed by atoms with Gasteiger partial charge in [0.2, 0.25) is 5.91 Å². The molecule has 0 bridgehead atoms. The first kappa shape index (κ1) is 22.6. The van der Waals surface area contributed by atoms with Gasteiger partial charge >= 0.3 is 5.69 Å². The maximum Gasteiger partial charge on any atom is 0.332 e. The summed E-state index contributed by atoms with van der Waals surface area (Å²) in [5.41, 5.74) is 2.36. The number of aryl methyl sites for hydroxylation is 1. The van der Waals surface area contributed by atoms with E-state index < -0.39 is 0 Å². The molecule has 1 amide bonds. The normalized spacial score (nSPS) is 13.3. The summed E-state index contributed by atoms with van der Waals surface area (Å²) in [6.07, 6.45) is 1.20. The number of hydrogen-bond donors (Lipinski definition) is 0. The van der Waals surface area contributed by atoms with Crippen LogP contribution in [0.5, 0.6) is 0 Å². The Morgan fingerprint density at radius 1 is 1.03 bits per heavy atom. The van der Waals surface area contributed by atoms with Crippen LogP contribution in [0.25, 0.3) is 10.2 Å². The Balaban J connectivity index is 1.66. The Morgan fingerprint density at radius 3 is 2.53 bits per heavy atom. The average Bonchev–Trinajstić information content (AvgIpc) is 3.21. The van der Waals surface area contributed by atoms with E-state index in [1.165, 1.54) is 15.9 Å². The van der Waals surface area contributed by atoms with E-state index in [0.29, 0.717) is 54.3 Å². The fourth-order valence-corrected chi connectivity index (χ4v) is 6.12. The number of carbonyl (C=O) groups is 1. The van der Waals surface area contributed by atoms with Crippen LogP contribution in [0.2, 0.25) is 5.02 Å². The number of carbonyl (C=O) groups excluding carboxylic acids is 1. The Bertz CT molecular complexity index is 1500. The van der Waals surface area contributed by atoms with E-state index in [0.717, 1.165) is 21.6 Å². The van der Waals surface area contributed by atoms with E-state index in [1.807, 2.05) is 48.5 Å². The van der Waals surface area contributed by atoms with Crippen LogP contribution in [-0.4, -0.2) is 26.5 Å². The molecule has 3 heterocycles. The van der Waals surface area contributed by atoms with Crippen molar-refractivity contribution in [1.29, 1.82) is 0 Å². The quantitative estimate of drug-likeness (QED) is 0.421. The highest BCUT2D eigenvalue weighted by atomic mass is 35.5. The van der Waals surface area contributed by atoms with Crippen LogP contribution in [-0.2, 0) is 37.3 Å². The standard InChI is InChI=1S/C26H24ClN3O3S/c1-17(31)28-12-11-21-22(16-28)34-25-23(21)24(32)29(13-10-18-6-3-2-4-7-18)26(33)30(25)15-19-8-5-9-20(27)14-19/h2-9,14H,10-13,15-16H2,1H3. The number of nitrogens with zero attached hydrogens (tertiary/aromatic N) is 3. The van der Waals surface area contributed by atoms with Gasteiger partial charge in [0.25, 0.3) is 5.56 Å². The molecule has 0 spiro atoms. The molecule has 8 heteroatoms. The largest absolute Gasteiger partial charge is 0.337 e. The highest BCUT2D eigenvalue weighted by Gasteiger charge is 2.27. The maximum absolute atomic E-state index is 13.6. The third-order valence-corrected chi connectivity index (χ3v) is 7.82. The van der Waals surface area contributed by atoms with Crippen molar-refractivity contribution in [1.82, 2.24) is 14.0 Å². The van der Waals surface area contributed by atoms with E-state index >= 15 is 0 Å². The summed E-state index contributed by atoms with van der Waals surface area (Å²) >= 11 is 7.64. The summed E-state index contributed by atoms with van der Waals surface area (Å²) in [5.74, 6) is 0.0136. The second-order valence-electron chi connectivity index (χ2n) is 8.57.